The zero-order valence-corrected chi connectivity index (χ0v) is 25.4. The van der Waals surface area contributed by atoms with Crippen molar-refractivity contribution in [2.75, 3.05) is 30.7 Å². The molecule has 1 aliphatic carbocycles. The quantitative estimate of drug-likeness (QED) is 0.287. The summed E-state index contributed by atoms with van der Waals surface area (Å²) in [5, 5.41) is 7.16. The number of nitrogens with one attached hydrogen (secondary N) is 1. The summed E-state index contributed by atoms with van der Waals surface area (Å²) in [5.74, 6) is -0.144. The molecular formula is C33H32FN9O4. The van der Waals surface area contributed by atoms with Crippen LogP contribution in [0.3, 0.4) is 0 Å². The number of carbonyl (C=O) groups is 2. The molecule has 4 aromatic heterocycles. The van der Waals surface area contributed by atoms with Crippen LogP contribution < -0.4 is 16.6 Å². The average Bonchev–Trinajstić information content (AvgIpc) is 3.80. The van der Waals surface area contributed by atoms with Crippen molar-refractivity contribution in [2.45, 2.75) is 44.8 Å². The van der Waals surface area contributed by atoms with Gasteiger partial charge in [0, 0.05) is 53.6 Å². The number of aromatic nitrogens is 6. The fraction of sp³-hybridized carbons (Fsp3) is 0.333. The van der Waals surface area contributed by atoms with Crippen molar-refractivity contribution >= 4 is 28.8 Å². The molecule has 8 rings (SSSR count). The molecule has 6 heterocycles. The van der Waals surface area contributed by atoms with E-state index < -0.39 is 17.3 Å². The first-order valence-corrected chi connectivity index (χ1v) is 15.7. The molecule has 5 aromatic rings. The van der Waals surface area contributed by atoms with Gasteiger partial charge in [-0.15, -0.1) is 0 Å². The minimum Gasteiger partial charge on any atom is -0.382 e. The molecule has 2 aliphatic heterocycles. The number of hydrogen-bond donors (Lipinski definition) is 2. The van der Waals surface area contributed by atoms with E-state index in [0.29, 0.717) is 48.8 Å². The van der Waals surface area contributed by atoms with Crippen LogP contribution in [0.4, 0.5) is 15.9 Å². The van der Waals surface area contributed by atoms with Crippen LogP contribution in [0.15, 0.2) is 59.8 Å². The van der Waals surface area contributed by atoms with Gasteiger partial charge < -0.3 is 20.7 Å². The molecule has 2 fully saturated rings. The number of hydrogen-bond acceptors (Lipinski definition) is 8. The number of halogens is 1. The number of piperidine rings is 1. The third-order valence-corrected chi connectivity index (χ3v) is 9.31. The van der Waals surface area contributed by atoms with Gasteiger partial charge in [0.2, 0.25) is 5.91 Å². The van der Waals surface area contributed by atoms with Crippen molar-refractivity contribution in [3.05, 3.63) is 88.1 Å². The van der Waals surface area contributed by atoms with Gasteiger partial charge in [-0.1, -0.05) is 6.07 Å². The first kappa shape index (κ1) is 29.1. The molecule has 0 spiro atoms. The van der Waals surface area contributed by atoms with Crippen LogP contribution in [0, 0.1) is 11.7 Å². The summed E-state index contributed by atoms with van der Waals surface area (Å²) >= 11 is 0. The van der Waals surface area contributed by atoms with E-state index in [1.54, 1.807) is 45.7 Å². The van der Waals surface area contributed by atoms with E-state index in [0.717, 1.165) is 31.4 Å². The highest BCUT2D eigenvalue weighted by Crippen LogP contribution is 2.39. The first-order valence-electron chi connectivity index (χ1n) is 15.7. The molecule has 13 nitrogen and oxygen atoms in total. The molecule has 1 aromatic carbocycles. The molecule has 1 saturated carbocycles. The van der Waals surface area contributed by atoms with Crippen LogP contribution in [0.2, 0.25) is 0 Å². The smallest absolute Gasteiger partial charge is 0.286 e. The number of rotatable bonds is 6. The number of fused-ring (bicyclic) bond motifs is 2. The molecule has 0 atom stereocenters. The normalized spacial score (nSPS) is 16.7. The lowest BCUT2D eigenvalue weighted by Crippen LogP contribution is -2.39. The highest BCUT2D eigenvalue weighted by molar-refractivity contribution is 6.05. The number of likely N-dealkylation sites (tertiary alicyclic amines) is 1. The Hall–Kier alpha value is -5.37. The Kier molecular flexibility index (Phi) is 7.08. The van der Waals surface area contributed by atoms with Gasteiger partial charge in [0.1, 0.15) is 23.2 Å². The van der Waals surface area contributed by atoms with E-state index in [2.05, 4.69) is 20.4 Å². The maximum atomic E-state index is 15.9. The molecule has 3 aliphatic rings. The van der Waals surface area contributed by atoms with Gasteiger partial charge in [-0.3, -0.25) is 19.1 Å². The highest BCUT2D eigenvalue weighted by atomic mass is 19.1. The minimum absolute atomic E-state index is 0.0779. The number of ether oxygens (including phenoxy) is 1. The number of pyridine rings is 1. The number of amides is 2. The number of anilines is 2. The summed E-state index contributed by atoms with van der Waals surface area (Å²) in [6.45, 7) is 2.16. The Morgan fingerprint density at radius 3 is 2.57 bits per heavy atom. The second kappa shape index (κ2) is 11.5. The van der Waals surface area contributed by atoms with Crippen LogP contribution in [-0.2, 0) is 22.7 Å². The van der Waals surface area contributed by atoms with E-state index in [9.17, 15) is 14.4 Å². The van der Waals surface area contributed by atoms with E-state index in [4.69, 9.17) is 10.5 Å². The Bertz CT molecular complexity index is 2090. The van der Waals surface area contributed by atoms with Crippen molar-refractivity contribution < 1.29 is 18.7 Å². The fourth-order valence-corrected chi connectivity index (χ4v) is 6.80. The maximum absolute atomic E-state index is 15.9. The lowest BCUT2D eigenvalue weighted by atomic mass is 9.92. The van der Waals surface area contributed by atoms with Gasteiger partial charge in [0.25, 0.3) is 11.5 Å². The molecular weight excluding hydrogens is 605 g/mol. The average molecular weight is 638 g/mol. The molecule has 0 radical (unpaired) electrons. The molecule has 47 heavy (non-hydrogen) atoms. The second-order valence-electron chi connectivity index (χ2n) is 12.2. The summed E-state index contributed by atoms with van der Waals surface area (Å²) < 4.78 is 26.3. The number of nitrogens with zero attached hydrogens (tertiary/aromatic N) is 7. The molecule has 240 valence electrons. The van der Waals surface area contributed by atoms with Gasteiger partial charge in [-0.25, -0.2) is 18.9 Å². The Balaban J connectivity index is 1.08. The van der Waals surface area contributed by atoms with Crippen molar-refractivity contribution in [1.29, 1.82) is 0 Å². The lowest BCUT2D eigenvalue weighted by molar-refractivity contribution is -0.133. The first-order chi connectivity index (χ1) is 22.9. The topological polar surface area (TPSA) is 155 Å². The van der Waals surface area contributed by atoms with E-state index >= 15 is 4.39 Å². The van der Waals surface area contributed by atoms with Crippen LogP contribution in [-0.4, -0.2) is 65.4 Å². The van der Waals surface area contributed by atoms with Crippen molar-refractivity contribution in [3.63, 3.8) is 0 Å². The second-order valence-corrected chi connectivity index (χ2v) is 12.2. The summed E-state index contributed by atoms with van der Waals surface area (Å²) in [6.07, 6.45) is 6.43. The van der Waals surface area contributed by atoms with Gasteiger partial charge in [-0.2, -0.15) is 9.78 Å². The van der Waals surface area contributed by atoms with Crippen molar-refractivity contribution in [3.8, 4) is 16.9 Å². The summed E-state index contributed by atoms with van der Waals surface area (Å²) in [7, 11) is 0. The molecule has 3 N–H and O–H groups in total. The number of nitrogen functional groups attached to an aromatic ring is 1. The summed E-state index contributed by atoms with van der Waals surface area (Å²) in [4.78, 5) is 50.1. The fourth-order valence-electron chi connectivity index (χ4n) is 6.80. The molecule has 0 unspecified atom stereocenters. The number of carbonyl (C=O) groups excluding carboxylic acids is 2. The summed E-state index contributed by atoms with van der Waals surface area (Å²) in [5.41, 5.74) is 8.45. The van der Waals surface area contributed by atoms with Crippen LogP contribution in [0.25, 0.3) is 22.5 Å². The number of nitrogens with two attached hydrogens (primary N) is 1. The number of benzene rings is 1. The largest absolute Gasteiger partial charge is 0.382 e. The Morgan fingerprint density at radius 1 is 1.00 bits per heavy atom. The van der Waals surface area contributed by atoms with Crippen LogP contribution >= 0.6 is 0 Å². The third kappa shape index (κ3) is 5.04. The van der Waals surface area contributed by atoms with E-state index in [-0.39, 0.29) is 47.0 Å². The third-order valence-electron chi connectivity index (χ3n) is 9.31. The maximum Gasteiger partial charge on any atom is 0.286 e. The van der Waals surface area contributed by atoms with E-state index in [1.807, 2.05) is 11.0 Å². The van der Waals surface area contributed by atoms with Crippen molar-refractivity contribution in [2.24, 2.45) is 5.92 Å². The molecule has 1 saturated heterocycles. The van der Waals surface area contributed by atoms with Crippen LogP contribution in [0.1, 0.15) is 53.3 Å². The van der Waals surface area contributed by atoms with Gasteiger partial charge in [0.15, 0.2) is 11.6 Å². The standard InChI is InChI=1S/C33H32FN9O4/c34-24-15-21(39-31(44)28-26-17-47-14-13-41(26)43(33(28)46)27-3-1-2-10-36-27)6-7-22(24)23-16-25(42-29(23)30(35)37-18-38-42)19-8-11-40(12-9-19)32(45)20-4-5-20/h1-3,6-7,10,15-16,18-20H,4-5,8-9,11-14,17H2,(H,39,44)(H2,35,37,38). The van der Waals surface area contributed by atoms with Gasteiger partial charge in [-0.05, 0) is 62.1 Å². The predicted molar refractivity (Wildman–Crippen MR) is 170 cm³/mol. The SMILES string of the molecule is Nc1ncnn2c(C3CCN(C(=O)C4CC4)CC3)cc(-c3ccc(NC(=O)c4c5n(n(-c6ccccn6)c4=O)CCOC5)cc3F)c12. The van der Waals surface area contributed by atoms with E-state index in [1.165, 1.54) is 17.1 Å². The Morgan fingerprint density at radius 2 is 1.83 bits per heavy atom. The predicted octanol–water partition coefficient (Wildman–Crippen LogP) is 3.36. The zero-order chi connectivity index (χ0) is 32.2. The van der Waals surface area contributed by atoms with Gasteiger partial charge >= 0.3 is 0 Å². The molecule has 0 bridgehead atoms. The lowest BCUT2D eigenvalue weighted by Gasteiger charge is -2.32. The minimum atomic E-state index is -0.674. The van der Waals surface area contributed by atoms with Crippen molar-refractivity contribution in [1.82, 2.24) is 33.8 Å². The molecule has 2 amide bonds. The summed E-state index contributed by atoms with van der Waals surface area (Å²) in [6, 6.07) is 11.5. The van der Waals surface area contributed by atoms with Crippen LogP contribution in [0.5, 0.6) is 0 Å². The molecule has 14 heteroatoms. The Labute approximate surface area is 267 Å². The monoisotopic (exact) mass is 637 g/mol. The highest BCUT2D eigenvalue weighted by Gasteiger charge is 2.36. The van der Waals surface area contributed by atoms with Gasteiger partial charge in [0.05, 0.1) is 25.5 Å². The zero-order valence-electron chi connectivity index (χ0n) is 25.4.